The highest BCUT2D eigenvalue weighted by molar-refractivity contribution is 9.09. The number of hydrogen-bond donors (Lipinski definition) is 1. The van der Waals surface area contributed by atoms with Gasteiger partial charge in [-0.3, -0.25) is 14.4 Å². The number of rotatable bonds is 12. The van der Waals surface area contributed by atoms with E-state index in [4.69, 9.17) is 4.74 Å². The number of aliphatic hydroxyl groups excluding tert-OH is 1. The zero-order valence-electron chi connectivity index (χ0n) is 20.7. The molecule has 7 nitrogen and oxygen atoms in total. The minimum Gasteiger partial charge on any atom is -0.466 e. The van der Waals surface area contributed by atoms with E-state index in [0.29, 0.717) is 19.5 Å². The number of carbonyl (C=O) groups excluding carboxylic acids is 3. The van der Waals surface area contributed by atoms with Crippen LogP contribution in [0.3, 0.4) is 0 Å². The zero-order chi connectivity index (χ0) is 25.2. The second-order valence-electron chi connectivity index (χ2n) is 9.72. The Morgan fingerprint density at radius 1 is 1.41 bits per heavy atom. The molecule has 34 heavy (non-hydrogen) atoms. The molecule has 0 aromatic heterocycles. The molecule has 1 spiro atoms. The Bertz CT molecular complexity index is 797. The van der Waals surface area contributed by atoms with Gasteiger partial charge < -0.3 is 19.6 Å². The quantitative estimate of drug-likeness (QED) is 0.225. The lowest BCUT2D eigenvalue weighted by Gasteiger charge is -2.41. The fourth-order valence-corrected chi connectivity index (χ4v) is 9.58. The smallest absolute Gasteiger partial charge is 0.310 e. The molecule has 3 aliphatic heterocycles. The predicted octanol–water partition coefficient (Wildman–Crippen LogP) is 3.24. The Kier molecular flexibility index (Phi) is 9.18. The first-order valence-electron chi connectivity index (χ1n) is 12.5. The summed E-state index contributed by atoms with van der Waals surface area (Å²) in [4.78, 5) is 44.9. The fourth-order valence-electron chi connectivity index (χ4n) is 6.00. The van der Waals surface area contributed by atoms with E-state index in [1.807, 2.05) is 13.8 Å². The van der Waals surface area contributed by atoms with Crippen molar-refractivity contribution in [2.24, 2.45) is 17.8 Å². The topological polar surface area (TPSA) is 87.2 Å². The molecule has 0 aromatic carbocycles. The number of esters is 1. The molecule has 3 unspecified atom stereocenters. The monoisotopic (exact) mass is 558 g/mol. The Hall–Kier alpha value is -1.06. The molecular weight excluding hydrogens is 520 g/mol. The zero-order valence-corrected chi connectivity index (χ0v) is 23.1. The van der Waals surface area contributed by atoms with E-state index in [2.05, 4.69) is 29.4 Å². The maximum absolute atomic E-state index is 14.2. The Morgan fingerprint density at radius 2 is 2.12 bits per heavy atom. The number of likely N-dealkylation sites (tertiary alicyclic amines) is 1. The number of fused-ring (bicyclic) bond motifs is 1. The van der Waals surface area contributed by atoms with Gasteiger partial charge in [0.2, 0.25) is 11.8 Å². The van der Waals surface area contributed by atoms with E-state index in [1.165, 1.54) is 0 Å². The van der Waals surface area contributed by atoms with Crippen LogP contribution in [-0.2, 0) is 19.1 Å². The summed E-state index contributed by atoms with van der Waals surface area (Å²) in [6.07, 6.45) is 4.90. The fraction of sp³-hybridized carbons (Fsp3) is 0.800. The highest BCUT2D eigenvalue weighted by atomic mass is 79.9. The molecule has 8 atom stereocenters. The third kappa shape index (κ3) is 4.45. The van der Waals surface area contributed by atoms with Crippen LogP contribution in [0, 0.1) is 17.8 Å². The van der Waals surface area contributed by atoms with Gasteiger partial charge in [-0.2, -0.15) is 0 Å². The normalized spacial score (nSPS) is 33.5. The van der Waals surface area contributed by atoms with Crippen LogP contribution in [0.5, 0.6) is 0 Å². The molecule has 3 rings (SSSR count). The minimum atomic E-state index is -0.734. The Labute approximate surface area is 216 Å². The van der Waals surface area contributed by atoms with Gasteiger partial charge in [0.15, 0.2) is 0 Å². The number of halogens is 1. The average molecular weight is 560 g/mol. The number of carbonyl (C=O) groups is 3. The molecule has 3 fully saturated rings. The summed E-state index contributed by atoms with van der Waals surface area (Å²) in [5, 5.41) is 10.3. The van der Waals surface area contributed by atoms with E-state index >= 15 is 0 Å². The molecule has 192 valence electrons. The molecule has 0 radical (unpaired) electrons. The summed E-state index contributed by atoms with van der Waals surface area (Å²) in [6.45, 7) is 12.7. The maximum atomic E-state index is 14.2. The highest BCUT2D eigenvalue weighted by Crippen LogP contribution is 2.68. The number of unbranched alkanes of at least 4 members (excludes halogenated alkanes) is 1. The van der Waals surface area contributed by atoms with E-state index in [0.717, 1.165) is 19.3 Å². The van der Waals surface area contributed by atoms with Crippen LogP contribution in [-0.4, -0.2) is 85.9 Å². The minimum absolute atomic E-state index is 0.00544. The maximum Gasteiger partial charge on any atom is 0.310 e. The Balaban J connectivity index is 2.12. The number of alkyl halides is 1. The van der Waals surface area contributed by atoms with Gasteiger partial charge in [-0.15, -0.1) is 18.3 Å². The molecule has 3 heterocycles. The summed E-state index contributed by atoms with van der Waals surface area (Å²) in [7, 11) is 0. The third-order valence-electron chi connectivity index (χ3n) is 7.81. The van der Waals surface area contributed by atoms with Gasteiger partial charge in [-0.1, -0.05) is 55.6 Å². The molecule has 3 saturated heterocycles. The predicted molar refractivity (Wildman–Crippen MR) is 138 cm³/mol. The van der Waals surface area contributed by atoms with Gasteiger partial charge in [0.05, 0.1) is 35.8 Å². The number of nitrogens with zero attached hydrogens (tertiary/aromatic N) is 2. The van der Waals surface area contributed by atoms with Crippen molar-refractivity contribution in [3.05, 3.63) is 12.7 Å². The van der Waals surface area contributed by atoms with Crippen molar-refractivity contribution in [2.75, 3.05) is 26.3 Å². The lowest BCUT2D eigenvalue weighted by molar-refractivity contribution is -0.154. The lowest BCUT2D eigenvalue weighted by atomic mass is 9.71. The first-order valence-corrected chi connectivity index (χ1v) is 14.3. The second kappa shape index (κ2) is 11.3. The SMILES string of the molecule is C=CCN(CCCC)C(=O)C1N([C@@H](CO)[C@@H](C)CC)C(=O)[C@@H]2[C@@H](C(=O)OCC)[C@@H]3SC12CC3Br. The van der Waals surface area contributed by atoms with E-state index in [1.54, 1.807) is 34.6 Å². The van der Waals surface area contributed by atoms with Crippen LogP contribution in [0.15, 0.2) is 12.7 Å². The van der Waals surface area contributed by atoms with Crippen molar-refractivity contribution < 1.29 is 24.2 Å². The molecule has 0 aliphatic carbocycles. The molecule has 2 amide bonds. The second-order valence-corrected chi connectivity index (χ2v) is 12.4. The van der Waals surface area contributed by atoms with E-state index < -0.39 is 28.7 Å². The number of ether oxygens (including phenoxy) is 1. The van der Waals surface area contributed by atoms with Crippen LogP contribution in [0.25, 0.3) is 0 Å². The third-order valence-corrected chi connectivity index (χ3v) is 11.0. The van der Waals surface area contributed by atoms with Crippen molar-refractivity contribution in [3.63, 3.8) is 0 Å². The van der Waals surface area contributed by atoms with Crippen LogP contribution in [0.4, 0.5) is 0 Å². The first-order chi connectivity index (χ1) is 16.2. The van der Waals surface area contributed by atoms with Gasteiger partial charge in [0.25, 0.3) is 0 Å². The van der Waals surface area contributed by atoms with Gasteiger partial charge in [0, 0.05) is 23.2 Å². The van der Waals surface area contributed by atoms with Crippen LogP contribution in [0.1, 0.15) is 53.4 Å². The average Bonchev–Trinajstić information content (AvgIpc) is 3.40. The summed E-state index contributed by atoms with van der Waals surface area (Å²) in [5.74, 6) is -1.89. The van der Waals surface area contributed by atoms with E-state index in [9.17, 15) is 19.5 Å². The summed E-state index contributed by atoms with van der Waals surface area (Å²) in [5.41, 5.74) is 0. The summed E-state index contributed by atoms with van der Waals surface area (Å²) < 4.78 is 4.68. The highest BCUT2D eigenvalue weighted by Gasteiger charge is 2.76. The van der Waals surface area contributed by atoms with E-state index in [-0.39, 0.29) is 47.0 Å². The van der Waals surface area contributed by atoms with Gasteiger partial charge in [-0.05, 0) is 25.7 Å². The molecule has 3 aliphatic rings. The Morgan fingerprint density at radius 3 is 2.68 bits per heavy atom. The first kappa shape index (κ1) is 27.5. The standard InChI is InChI=1S/C25H39BrN2O5S/c1-6-10-12-27(11-7-2)23(31)21-25-13-16(26)20(34-25)18(24(32)33-9-4)19(25)22(30)28(21)17(14-29)15(5)8-3/h7,15-21,29H,2,6,8-14H2,1,3-5H3/t15-,16?,17-,18+,19-,20+,21?,25?/m0/s1. The van der Waals surface area contributed by atoms with Crippen LogP contribution in [0.2, 0.25) is 0 Å². The lowest BCUT2D eigenvalue weighted by Crippen LogP contribution is -2.59. The van der Waals surface area contributed by atoms with Crippen molar-refractivity contribution in [1.82, 2.24) is 9.80 Å². The molecular formula is C25H39BrN2O5S. The number of aliphatic hydroxyl groups is 1. The molecule has 0 saturated carbocycles. The number of thioether (sulfide) groups is 1. The van der Waals surface area contributed by atoms with Crippen molar-refractivity contribution in [1.29, 1.82) is 0 Å². The van der Waals surface area contributed by atoms with Gasteiger partial charge in [0.1, 0.15) is 6.04 Å². The molecule has 1 N–H and O–H groups in total. The molecule has 9 heteroatoms. The van der Waals surface area contributed by atoms with Gasteiger partial charge in [-0.25, -0.2) is 0 Å². The summed E-state index contributed by atoms with van der Waals surface area (Å²) >= 11 is 5.37. The van der Waals surface area contributed by atoms with Crippen molar-refractivity contribution in [3.8, 4) is 0 Å². The number of amides is 2. The molecule has 2 bridgehead atoms. The van der Waals surface area contributed by atoms with Crippen LogP contribution < -0.4 is 0 Å². The molecule has 0 aromatic rings. The van der Waals surface area contributed by atoms with Crippen LogP contribution >= 0.6 is 27.7 Å². The van der Waals surface area contributed by atoms with Crippen molar-refractivity contribution >= 4 is 45.5 Å². The largest absolute Gasteiger partial charge is 0.466 e. The van der Waals surface area contributed by atoms with Gasteiger partial charge >= 0.3 is 5.97 Å². The van der Waals surface area contributed by atoms with Crippen molar-refractivity contribution in [2.45, 2.75) is 80.3 Å². The number of hydrogen-bond acceptors (Lipinski definition) is 6. The summed E-state index contributed by atoms with van der Waals surface area (Å²) in [6, 6.07) is -1.22.